The molecule has 1 rings (SSSR count). The van der Waals surface area contributed by atoms with Crippen molar-refractivity contribution in [2.24, 2.45) is 5.73 Å². The van der Waals surface area contributed by atoms with Gasteiger partial charge in [0.05, 0.1) is 6.61 Å². The average Bonchev–Trinajstić information content (AvgIpc) is 2.35. The number of nitrogens with two attached hydrogens (primary N) is 1. The molecule has 1 amide bonds. The lowest BCUT2D eigenvalue weighted by molar-refractivity contribution is -0.124. The van der Waals surface area contributed by atoms with E-state index < -0.39 is 5.54 Å². The lowest BCUT2D eigenvalue weighted by atomic mass is 9.90. The van der Waals surface area contributed by atoms with Crippen LogP contribution in [0.4, 0.5) is 0 Å². The van der Waals surface area contributed by atoms with Crippen molar-refractivity contribution in [2.45, 2.75) is 45.7 Å². The van der Waals surface area contributed by atoms with E-state index in [-0.39, 0.29) is 11.9 Å². The second-order valence-electron chi connectivity index (χ2n) is 5.16. The number of benzene rings is 1. The van der Waals surface area contributed by atoms with Crippen LogP contribution in [0.1, 0.15) is 39.7 Å². The van der Waals surface area contributed by atoms with Crippen LogP contribution >= 0.6 is 0 Å². The van der Waals surface area contributed by atoms with Gasteiger partial charge in [0, 0.05) is 6.04 Å². The summed E-state index contributed by atoms with van der Waals surface area (Å²) in [5.74, 6) is 0.422. The molecule has 1 atom stereocenters. The SMILES string of the molecule is CCCOc1ccc(C(C)(NC(C)C)C(N)=O)cc1. The van der Waals surface area contributed by atoms with Gasteiger partial charge in [0.25, 0.3) is 0 Å². The molecule has 1 unspecified atom stereocenters. The minimum Gasteiger partial charge on any atom is -0.494 e. The van der Waals surface area contributed by atoms with Gasteiger partial charge in [-0.2, -0.15) is 0 Å². The van der Waals surface area contributed by atoms with Crippen LogP contribution in [0.25, 0.3) is 0 Å². The Morgan fingerprint density at radius 1 is 1.37 bits per heavy atom. The van der Waals surface area contributed by atoms with Crippen molar-refractivity contribution >= 4 is 5.91 Å². The quantitative estimate of drug-likeness (QED) is 0.793. The second-order valence-corrected chi connectivity index (χ2v) is 5.16. The maximum Gasteiger partial charge on any atom is 0.242 e. The maximum absolute atomic E-state index is 11.7. The van der Waals surface area contributed by atoms with Crippen molar-refractivity contribution in [1.29, 1.82) is 0 Å². The first kappa shape index (κ1) is 15.5. The van der Waals surface area contributed by atoms with E-state index in [0.717, 1.165) is 17.7 Å². The number of primary amides is 1. The molecule has 4 nitrogen and oxygen atoms in total. The fourth-order valence-electron chi connectivity index (χ4n) is 1.98. The van der Waals surface area contributed by atoms with Gasteiger partial charge in [0.15, 0.2) is 0 Å². The highest BCUT2D eigenvalue weighted by Crippen LogP contribution is 2.24. The average molecular weight is 264 g/mol. The first-order valence-corrected chi connectivity index (χ1v) is 6.71. The van der Waals surface area contributed by atoms with Crippen LogP contribution in [-0.4, -0.2) is 18.6 Å². The molecule has 3 N–H and O–H groups in total. The molecule has 19 heavy (non-hydrogen) atoms. The summed E-state index contributed by atoms with van der Waals surface area (Å²) in [6.45, 7) is 8.53. The van der Waals surface area contributed by atoms with Crippen LogP contribution in [0, 0.1) is 0 Å². The molecule has 0 fully saturated rings. The number of carbonyl (C=O) groups is 1. The Balaban J connectivity index is 2.94. The Hall–Kier alpha value is -1.55. The summed E-state index contributed by atoms with van der Waals surface area (Å²) in [7, 11) is 0. The van der Waals surface area contributed by atoms with Gasteiger partial charge in [-0.05, 0) is 44.9 Å². The molecular weight excluding hydrogens is 240 g/mol. The van der Waals surface area contributed by atoms with Crippen LogP contribution in [0.5, 0.6) is 5.75 Å². The number of carbonyl (C=O) groups excluding carboxylic acids is 1. The van der Waals surface area contributed by atoms with Crippen molar-refractivity contribution in [3.63, 3.8) is 0 Å². The maximum atomic E-state index is 11.7. The van der Waals surface area contributed by atoms with Gasteiger partial charge in [-0.3, -0.25) is 10.1 Å². The molecule has 106 valence electrons. The molecule has 0 aliphatic rings. The summed E-state index contributed by atoms with van der Waals surface area (Å²) in [4.78, 5) is 11.7. The third kappa shape index (κ3) is 3.96. The predicted octanol–water partition coefficient (Wildman–Crippen LogP) is 2.17. The van der Waals surface area contributed by atoms with Crippen molar-refractivity contribution < 1.29 is 9.53 Å². The van der Waals surface area contributed by atoms with Crippen LogP contribution in [0.2, 0.25) is 0 Å². The van der Waals surface area contributed by atoms with Crippen LogP contribution in [0.15, 0.2) is 24.3 Å². The second kappa shape index (κ2) is 6.57. The van der Waals surface area contributed by atoms with E-state index in [2.05, 4.69) is 12.2 Å². The van der Waals surface area contributed by atoms with Crippen molar-refractivity contribution in [2.75, 3.05) is 6.61 Å². The van der Waals surface area contributed by atoms with E-state index >= 15 is 0 Å². The van der Waals surface area contributed by atoms with Crippen LogP contribution in [-0.2, 0) is 10.3 Å². The molecule has 0 bridgehead atoms. The van der Waals surface area contributed by atoms with Crippen LogP contribution < -0.4 is 15.8 Å². The molecule has 0 aliphatic carbocycles. The molecule has 0 radical (unpaired) electrons. The zero-order chi connectivity index (χ0) is 14.5. The van der Waals surface area contributed by atoms with E-state index in [4.69, 9.17) is 10.5 Å². The number of amides is 1. The lowest BCUT2D eigenvalue weighted by Crippen LogP contribution is -2.52. The Morgan fingerprint density at radius 2 is 1.95 bits per heavy atom. The lowest BCUT2D eigenvalue weighted by Gasteiger charge is -2.30. The zero-order valence-corrected chi connectivity index (χ0v) is 12.2. The van der Waals surface area contributed by atoms with E-state index in [1.165, 1.54) is 0 Å². The molecule has 0 saturated carbocycles. The Morgan fingerprint density at radius 3 is 2.37 bits per heavy atom. The van der Waals surface area contributed by atoms with Gasteiger partial charge in [0.2, 0.25) is 5.91 Å². The molecule has 1 aromatic rings. The normalized spacial score (nSPS) is 14.2. The van der Waals surface area contributed by atoms with E-state index in [0.29, 0.717) is 6.61 Å². The Labute approximate surface area is 115 Å². The molecule has 0 aromatic heterocycles. The monoisotopic (exact) mass is 264 g/mol. The fourth-order valence-corrected chi connectivity index (χ4v) is 1.98. The molecule has 0 saturated heterocycles. The topological polar surface area (TPSA) is 64.3 Å². The van der Waals surface area contributed by atoms with Gasteiger partial charge in [0.1, 0.15) is 11.3 Å². The van der Waals surface area contributed by atoms with Crippen molar-refractivity contribution in [3.8, 4) is 5.75 Å². The van der Waals surface area contributed by atoms with Gasteiger partial charge >= 0.3 is 0 Å². The minimum absolute atomic E-state index is 0.161. The summed E-state index contributed by atoms with van der Waals surface area (Å²) in [6, 6.07) is 7.66. The molecule has 0 spiro atoms. The summed E-state index contributed by atoms with van der Waals surface area (Å²) in [5.41, 5.74) is 5.52. The summed E-state index contributed by atoms with van der Waals surface area (Å²) >= 11 is 0. The summed E-state index contributed by atoms with van der Waals surface area (Å²) in [5, 5.41) is 3.22. The Kier molecular flexibility index (Phi) is 5.36. The molecule has 4 heteroatoms. The summed E-state index contributed by atoms with van der Waals surface area (Å²) < 4.78 is 5.53. The minimum atomic E-state index is -0.864. The third-order valence-electron chi connectivity index (χ3n) is 2.97. The zero-order valence-electron chi connectivity index (χ0n) is 12.2. The number of rotatable bonds is 7. The van der Waals surface area contributed by atoms with Gasteiger partial charge in [-0.25, -0.2) is 0 Å². The van der Waals surface area contributed by atoms with Crippen LogP contribution in [0.3, 0.4) is 0 Å². The first-order chi connectivity index (χ1) is 8.90. The van der Waals surface area contributed by atoms with E-state index in [9.17, 15) is 4.79 Å². The molecular formula is C15H24N2O2. The van der Waals surface area contributed by atoms with Gasteiger partial charge in [-0.15, -0.1) is 0 Å². The first-order valence-electron chi connectivity index (χ1n) is 6.71. The van der Waals surface area contributed by atoms with E-state index in [1.807, 2.05) is 38.1 Å². The van der Waals surface area contributed by atoms with E-state index in [1.54, 1.807) is 6.92 Å². The van der Waals surface area contributed by atoms with Crippen molar-refractivity contribution in [1.82, 2.24) is 5.32 Å². The highest BCUT2D eigenvalue weighted by Gasteiger charge is 2.33. The molecule has 0 aliphatic heterocycles. The van der Waals surface area contributed by atoms with Crippen molar-refractivity contribution in [3.05, 3.63) is 29.8 Å². The largest absolute Gasteiger partial charge is 0.494 e. The van der Waals surface area contributed by atoms with Gasteiger partial charge in [-0.1, -0.05) is 19.1 Å². The Bertz CT molecular complexity index is 415. The smallest absolute Gasteiger partial charge is 0.242 e. The van der Waals surface area contributed by atoms with Gasteiger partial charge < -0.3 is 10.5 Å². The highest BCUT2D eigenvalue weighted by atomic mass is 16.5. The standard InChI is InChI=1S/C15H24N2O2/c1-5-10-19-13-8-6-12(7-9-13)15(4,14(16)18)17-11(2)3/h6-9,11,17H,5,10H2,1-4H3,(H2,16,18). The number of hydrogen-bond donors (Lipinski definition) is 2. The molecule has 1 aromatic carbocycles. The number of hydrogen-bond acceptors (Lipinski definition) is 3. The number of nitrogens with one attached hydrogen (secondary N) is 1. The number of ether oxygens (including phenoxy) is 1. The molecule has 0 heterocycles. The summed E-state index contributed by atoms with van der Waals surface area (Å²) in [6.07, 6.45) is 0.968. The fraction of sp³-hybridized carbons (Fsp3) is 0.533. The highest BCUT2D eigenvalue weighted by molar-refractivity contribution is 5.85. The predicted molar refractivity (Wildman–Crippen MR) is 77.0 cm³/mol. The third-order valence-corrected chi connectivity index (χ3v) is 2.97.